The minimum Gasteiger partial charge on any atom is -0.504 e. The van der Waals surface area contributed by atoms with Crippen molar-refractivity contribution in [2.45, 2.75) is 50.7 Å². The molecule has 2 aliphatic rings. The number of methoxy groups -OCH3 is 2. The maximum atomic E-state index is 10.7. The lowest BCUT2D eigenvalue weighted by atomic mass is 9.79. The van der Waals surface area contributed by atoms with E-state index in [4.69, 9.17) is 9.47 Å². The third kappa shape index (κ3) is 3.33. The Labute approximate surface area is 139 Å². The van der Waals surface area contributed by atoms with Gasteiger partial charge in [0.2, 0.25) is 0 Å². The average Bonchev–Trinajstić information content (AvgIpc) is 2.58. The molecule has 4 nitrogen and oxygen atoms in total. The monoisotopic (exact) mass is 319 g/mol. The number of fused-ring (bicyclic) bond motifs is 1. The van der Waals surface area contributed by atoms with Gasteiger partial charge in [-0.05, 0) is 63.1 Å². The number of likely N-dealkylation sites (N-methyl/N-ethyl adjacent to an activating group) is 1. The number of hydrogen-bond donors (Lipinski definition) is 1. The largest absolute Gasteiger partial charge is 0.504 e. The summed E-state index contributed by atoms with van der Waals surface area (Å²) in [6.45, 7) is 1.05. The summed E-state index contributed by atoms with van der Waals surface area (Å²) in [4.78, 5) is 2.39. The highest BCUT2D eigenvalue weighted by molar-refractivity contribution is 5.52. The summed E-state index contributed by atoms with van der Waals surface area (Å²) in [7, 11) is 5.61. The zero-order valence-corrected chi connectivity index (χ0v) is 14.5. The van der Waals surface area contributed by atoms with Gasteiger partial charge in [0.15, 0.2) is 11.5 Å². The molecule has 3 rings (SSSR count). The molecule has 1 aliphatic heterocycles. The van der Waals surface area contributed by atoms with E-state index in [9.17, 15) is 5.11 Å². The molecule has 0 spiro atoms. The van der Waals surface area contributed by atoms with Gasteiger partial charge >= 0.3 is 0 Å². The number of nitrogens with zero attached hydrogens (tertiary/aromatic N) is 1. The fraction of sp³-hybridized carbons (Fsp3) is 0.684. The van der Waals surface area contributed by atoms with Crippen LogP contribution in [-0.4, -0.2) is 43.9 Å². The first-order chi connectivity index (χ1) is 11.1. The first-order valence-electron chi connectivity index (χ1n) is 8.75. The minimum absolute atomic E-state index is 0.290. The molecular weight excluding hydrogens is 290 g/mol. The second-order valence-electron chi connectivity index (χ2n) is 7.05. The van der Waals surface area contributed by atoms with E-state index in [1.165, 1.54) is 18.4 Å². The van der Waals surface area contributed by atoms with Crippen LogP contribution in [0.1, 0.15) is 49.3 Å². The topological polar surface area (TPSA) is 41.9 Å². The lowest BCUT2D eigenvalue weighted by molar-refractivity contribution is 0.0494. The second kappa shape index (κ2) is 7.10. The standard InChI is InChI=1S/C19H29NO3/c1-20-11-10-14-6-9-17(23-3)19(21)18(14)16(20)12-13-4-7-15(22-2)8-5-13/h6,9,13,15-16,21H,4-5,7-8,10-12H2,1-3H3. The molecule has 0 radical (unpaired) electrons. The molecule has 23 heavy (non-hydrogen) atoms. The zero-order chi connectivity index (χ0) is 16.4. The number of phenolic OH excluding ortho intramolecular Hbond substituents is 1. The van der Waals surface area contributed by atoms with Gasteiger partial charge in [-0.15, -0.1) is 0 Å². The number of phenols is 1. The predicted molar refractivity (Wildman–Crippen MR) is 91.1 cm³/mol. The quantitative estimate of drug-likeness (QED) is 0.922. The van der Waals surface area contributed by atoms with E-state index in [-0.39, 0.29) is 6.04 Å². The molecule has 0 saturated heterocycles. The van der Waals surface area contributed by atoms with Crippen LogP contribution in [0.15, 0.2) is 12.1 Å². The van der Waals surface area contributed by atoms with E-state index in [1.54, 1.807) is 7.11 Å². The summed E-state index contributed by atoms with van der Waals surface area (Å²) in [5.41, 5.74) is 2.36. The van der Waals surface area contributed by atoms with Crippen LogP contribution in [0.5, 0.6) is 11.5 Å². The Balaban J connectivity index is 1.80. The summed E-state index contributed by atoms with van der Waals surface area (Å²) < 4.78 is 10.8. The van der Waals surface area contributed by atoms with Crippen molar-refractivity contribution in [3.63, 3.8) is 0 Å². The van der Waals surface area contributed by atoms with Crippen LogP contribution < -0.4 is 4.74 Å². The van der Waals surface area contributed by atoms with Crippen LogP contribution in [0, 0.1) is 5.92 Å². The molecule has 1 unspecified atom stereocenters. The van der Waals surface area contributed by atoms with Crippen molar-refractivity contribution in [3.8, 4) is 11.5 Å². The van der Waals surface area contributed by atoms with Gasteiger partial charge in [-0.3, -0.25) is 4.90 Å². The Morgan fingerprint density at radius 3 is 2.57 bits per heavy atom. The lowest BCUT2D eigenvalue weighted by Crippen LogP contribution is -2.34. The van der Waals surface area contributed by atoms with Crippen molar-refractivity contribution in [3.05, 3.63) is 23.3 Å². The average molecular weight is 319 g/mol. The van der Waals surface area contributed by atoms with Crippen molar-refractivity contribution in [1.29, 1.82) is 0 Å². The third-order valence-corrected chi connectivity index (χ3v) is 5.77. The van der Waals surface area contributed by atoms with Gasteiger partial charge < -0.3 is 14.6 Å². The second-order valence-corrected chi connectivity index (χ2v) is 7.05. The van der Waals surface area contributed by atoms with Crippen LogP contribution in [-0.2, 0) is 11.2 Å². The molecule has 1 saturated carbocycles. The van der Waals surface area contributed by atoms with Gasteiger partial charge in [-0.25, -0.2) is 0 Å². The molecule has 0 aromatic heterocycles. The van der Waals surface area contributed by atoms with E-state index in [0.29, 0.717) is 23.5 Å². The Morgan fingerprint density at radius 2 is 1.91 bits per heavy atom. The molecule has 1 aromatic carbocycles. The molecule has 0 bridgehead atoms. The zero-order valence-electron chi connectivity index (χ0n) is 14.5. The molecule has 1 aliphatic carbocycles. The van der Waals surface area contributed by atoms with E-state index >= 15 is 0 Å². The Hall–Kier alpha value is -1.26. The van der Waals surface area contributed by atoms with Gasteiger partial charge in [0.25, 0.3) is 0 Å². The molecular formula is C19H29NO3. The number of rotatable bonds is 4. The Kier molecular flexibility index (Phi) is 5.12. The van der Waals surface area contributed by atoms with Crippen LogP contribution >= 0.6 is 0 Å². The van der Waals surface area contributed by atoms with Gasteiger partial charge in [0, 0.05) is 25.3 Å². The number of hydrogen-bond acceptors (Lipinski definition) is 4. The van der Waals surface area contributed by atoms with Crippen molar-refractivity contribution >= 4 is 0 Å². The van der Waals surface area contributed by atoms with Crippen molar-refractivity contribution in [2.24, 2.45) is 5.92 Å². The molecule has 1 aromatic rings. The molecule has 4 heteroatoms. The number of aromatic hydroxyl groups is 1. The third-order valence-electron chi connectivity index (χ3n) is 5.77. The molecule has 1 heterocycles. The fourth-order valence-electron chi connectivity index (χ4n) is 4.27. The first-order valence-corrected chi connectivity index (χ1v) is 8.75. The summed E-state index contributed by atoms with van der Waals surface area (Å²) in [6, 6.07) is 4.30. The van der Waals surface area contributed by atoms with Crippen molar-refractivity contribution in [1.82, 2.24) is 4.90 Å². The maximum absolute atomic E-state index is 10.7. The Bertz CT molecular complexity index is 538. The molecule has 0 amide bonds. The lowest BCUT2D eigenvalue weighted by Gasteiger charge is -2.38. The fourth-order valence-corrected chi connectivity index (χ4v) is 4.27. The van der Waals surface area contributed by atoms with Gasteiger partial charge in [0.1, 0.15) is 0 Å². The predicted octanol–water partition coefficient (Wildman–Crippen LogP) is 3.53. The van der Waals surface area contributed by atoms with Crippen molar-refractivity contribution in [2.75, 3.05) is 27.8 Å². The molecule has 1 atom stereocenters. The summed E-state index contributed by atoms with van der Waals surface area (Å²) in [5.74, 6) is 1.64. The van der Waals surface area contributed by atoms with E-state index < -0.39 is 0 Å². The van der Waals surface area contributed by atoms with Crippen LogP contribution in [0.4, 0.5) is 0 Å². The maximum Gasteiger partial charge on any atom is 0.162 e. The minimum atomic E-state index is 0.290. The van der Waals surface area contributed by atoms with Crippen LogP contribution in [0.2, 0.25) is 0 Å². The number of ether oxygens (including phenoxy) is 2. The highest BCUT2D eigenvalue weighted by atomic mass is 16.5. The van der Waals surface area contributed by atoms with E-state index in [0.717, 1.165) is 37.8 Å². The summed E-state index contributed by atoms with van der Waals surface area (Å²) in [5, 5.41) is 10.7. The highest BCUT2D eigenvalue weighted by Gasteiger charge is 2.32. The van der Waals surface area contributed by atoms with E-state index in [1.807, 2.05) is 13.2 Å². The van der Waals surface area contributed by atoms with Crippen LogP contribution in [0.3, 0.4) is 0 Å². The smallest absolute Gasteiger partial charge is 0.162 e. The van der Waals surface area contributed by atoms with Crippen LogP contribution in [0.25, 0.3) is 0 Å². The summed E-state index contributed by atoms with van der Waals surface area (Å²) >= 11 is 0. The first kappa shape index (κ1) is 16.6. The van der Waals surface area contributed by atoms with Crippen molar-refractivity contribution < 1.29 is 14.6 Å². The van der Waals surface area contributed by atoms with Gasteiger partial charge in [0.05, 0.1) is 13.2 Å². The SMILES string of the molecule is COc1ccc2c(c1O)C(CC1CCC(OC)CC1)N(C)CC2. The summed E-state index contributed by atoms with van der Waals surface area (Å²) in [6.07, 6.45) is 7.32. The normalized spacial score (nSPS) is 28.4. The Morgan fingerprint density at radius 1 is 1.17 bits per heavy atom. The van der Waals surface area contributed by atoms with Gasteiger partial charge in [-0.2, -0.15) is 0 Å². The van der Waals surface area contributed by atoms with Gasteiger partial charge in [-0.1, -0.05) is 6.07 Å². The van der Waals surface area contributed by atoms with E-state index in [2.05, 4.69) is 18.0 Å². The molecule has 1 fully saturated rings. The highest BCUT2D eigenvalue weighted by Crippen LogP contribution is 2.45. The number of benzene rings is 1. The molecule has 128 valence electrons. The molecule has 1 N–H and O–H groups in total.